The molecule has 0 aliphatic rings. The summed E-state index contributed by atoms with van der Waals surface area (Å²) in [6.07, 6.45) is 1.82. The molecule has 1 unspecified atom stereocenters. The Morgan fingerprint density at radius 2 is 1.81 bits per heavy atom. The topological polar surface area (TPSA) is 57.2 Å². The Morgan fingerprint density at radius 1 is 1.19 bits per heavy atom. The van der Waals surface area contributed by atoms with Crippen LogP contribution in [0.15, 0.2) is 0 Å². The van der Waals surface area contributed by atoms with Gasteiger partial charge in [-0.3, -0.25) is 0 Å². The van der Waals surface area contributed by atoms with Gasteiger partial charge in [-0.15, -0.1) is 0 Å². The fourth-order valence-corrected chi connectivity index (χ4v) is 2.42. The van der Waals surface area contributed by atoms with Crippen molar-refractivity contribution in [1.82, 2.24) is 0 Å². The second-order valence-electron chi connectivity index (χ2n) is 3.57. The number of hydrogen-bond donors (Lipinski definition) is 1. The second kappa shape index (κ2) is 9.09. The van der Waals surface area contributed by atoms with E-state index in [0.717, 1.165) is 12.8 Å². The summed E-state index contributed by atoms with van der Waals surface area (Å²) in [7, 11) is 1.71. The average molecular weight is 252 g/mol. The molecule has 0 radical (unpaired) electrons. The summed E-state index contributed by atoms with van der Waals surface area (Å²) in [4.78, 5) is 9.74. The Balaban J connectivity index is 3.52. The van der Waals surface area contributed by atoms with Gasteiger partial charge in [0.25, 0.3) is 0 Å². The maximum absolute atomic E-state index is 9.74. The van der Waals surface area contributed by atoms with Crippen molar-refractivity contribution in [3.63, 3.8) is 0 Å². The van der Waals surface area contributed by atoms with E-state index in [1.54, 1.807) is 7.11 Å². The highest BCUT2D eigenvalue weighted by Gasteiger charge is 2.33. The summed E-state index contributed by atoms with van der Waals surface area (Å²) in [6.45, 7) is 3.23. The summed E-state index contributed by atoms with van der Waals surface area (Å²) >= 11 is 0. The Kier molecular flexibility index (Phi) is 9.10. The van der Waals surface area contributed by atoms with E-state index in [-0.39, 0.29) is 6.10 Å². The molecule has 0 aliphatic heterocycles. The fourth-order valence-electron chi connectivity index (χ4n) is 1.25. The van der Waals surface area contributed by atoms with Crippen molar-refractivity contribution >= 4 is 8.80 Å². The van der Waals surface area contributed by atoms with Gasteiger partial charge >= 0.3 is 8.80 Å². The van der Waals surface area contributed by atoms with Crippen molar-refractivity contribution in [1.29, 1.82) is 0 Å². The van der Waals surface area contributed by atoms with Gasteiger partial charge in [0.1, 0.15) is 0 Å². The first kappa shape index (κ1) is 16.0. The predicted octanol–water partition coefficient (Wildman–Crippen LogP) is 1.04. The van der Waals surface area contributed by atoms with E-state index in [2.05, 4.69) is 6.92 Å². The van der Waals surface area contributed by atoms with E-state index in [1.807, 2.05) is 0 Å². The maximum Gasteiger partial charge on any atom is 0.497 e. The first-order valence-electron chi connectivity index (χ1n) is 5.55. The fraction of sp³-hybridized carbons (Fsp3) is 1.00. The standard InChI is InChI=1S/C10H24O5Si/c1-5-10(12-2)9-15-7-6-8-16(11,13-3)14-4/h10-11H,5-9H2,1-4H3. The normalized spacial score (nSPS) is 14.1. The maximum atomic E-state index is 9.74. The van der Waals surface area contributed by atoms with E-state index < -0.39 is 8.80 Å². The zero-order valence-corrected chi connectivity index (χ0v) is 11.7. The van der Waals surface area contributed by atoms with Crippen molar-refractivity contribution in [2.45, 2.75) is 31.9 Å². The van der Waals surface area contributed by atoms with Gasteiger partial charge in [-0.1, -0.05) is 6.92 Å². The third-order valence-corrected chi connectivity index (χ3v) is 4.77. The Hall–Kier alpha value is 0.0169. The molecule has 0 saturated heterocycles. The molecule has 0 aliphatic carbocycles. The zero-order chi connectivity index (χ0) is 12.4. The van der Waals surface area contributed by atoms with Crippen LogP contribution in [0, 0.1) is 0 Å². The molecule has 0 aromatic heterocycles. The van der Waals surface area contributed by atoms with Gasteiger partial charge in [-0.2, -0.15) is 0 Å². The molecule has 1 N–H and O–H groups in total. The van der Waals surface area contributed by atoms with Gasteiger partial charge in [-0.25, -0.2) is 0 Å². The lowest BCUT2D eigenvalue weighted by Gasteiger charge is -2.19. The summed E-state index contributed by atoms with van der Waals surface area (Å²) in [5.74, 6) is 0. The van der Waals surface area contributed by atoms with E-state index in [4.69, 9.17) is 18.3 Å². The number of rotatable bonds is 10. The van der Waals surface area contributed by atoms with E-state index in [1.165, 1.54) is 14.2 Å². The van der Waals surface area contributed by atoms with Crippen LogP contribution in [0.1, 0.15) is 19.8 Å². The minimum atomic E-state index is -2.90. The quantitative estimate of drug-likeness (QED) is 0.465. The molecule has 16 heavy (non-hydrogen) atoms. The van der Waals surface area contributed by atoms with Crippen LogP contribution in [-0.2, 0) is 18.3 Å². The number of ether oxygens (including phenoxy) is 2. The molecule has 5 nitrogen and oxygen atoms in total. The third kappa shape index (κ3) is 6.57. The van der Waals surface area contributed by atoms with Gasteiger partial charge < -0.3 is 23.1 Å². The highest BCUT2D eigenvalue weighted by molar-refractivity contribution is 6.59. The SMILES string of the molecule is CCC(COCCC[Si](O)(OC)OC)OC. The van der Waals surface area contributed by atoms with Crippen LogP contribution in [0.5, 0.6) is 0 Å². The van der Waals surface area contributed by atoms with E-state index in [9.17, 15) is 4.80 Å². The van der Waals surface area contributed by atoms with Gasteiger partial charge in [0.2, 0.25) is 0 Å². The van der Waals surface area contributed by atoms with Gasteiger partial charge in [0.15, 0.2) is 0 Å². The summed E-state index contributed by atoms with van der Waals surface area (Å²) in [5.41, 5.74) is 0. The van der Waals surface area contributed by atoms with Crippen molar-refractivity contribution in [3.8, 4) is 0 Å². The molecule has 6 heteroatoms. The van der Waals surface area contributed by atoms with Crippen LogP contribution in [0.2, 0.25) is 6.04 Å². The van der Waals surface area contributed by atoms with Gasteiger partial charge in [0, 0.05) is 34.0 Å². The molecule has 0 bridgehead atoms. The Bertz CT molecular complexity index is 159. The predicted molar refractivity (Wildman–Crippen MR) is 63.3 cm³/mol. The lowest BCUT2D eigenvalue weighted by Crippen LogP contribution is -2.40. The van der Waals surface area contributed by atoms with Crippen LogP contribution in [-0.4, -0.2) is 54.2 Å². The van der Waals surface area contributed by atoms with Crippen molar-refractivity contribution < 1.29 is 23.1 Å². The van der Waals surface area contributed by atoms with Crippen molar-refractivity contribution in [3.05, 3.63) is 0 Å². The third-order valence-electron chi connectivity index (χ3n) is 2.51. The second-order valence-corrected chi connectivity index (χ2v) is 6.31. The van der Waals surface area contributed by atoms with Crippen molar-refractivity contribution in [2.75, 3.05) is 34.5 Å². The molecule has 0 heterocycles. The molecule has 98 valence electrons. The monoisotopic (exact) mass is 252 g/mol. The lowest BCUT2D eigenvalue weighted by molar-refractivity contribution is 0.00622. The van der Waals surface area contributed by atoms with E-state index >= 15 is 0 Å². The Labute approximate surface area is 99.0 Å². The minimum Gasteiger partial charge on any atom is -0.390 e. The van der Waals surface area contributed by atoms with E-state index in [0.29, 0.717) is 19.3 Å². The van der Waals surface area contributed by atoms with Crippen LogP contribution in [0.25, 0.3) is 0 Å². The van der Waals surface area contributed by atoms with Crippen LogP contribution < -0.4 is 0 Å². The van der Waals surface area contributed by atoms with Crippen LogP contribution in [0.3, 0.4) is 0 Å². The van der Waals surface area contributed by atoms with Gasteiger partial charge in [0.05, 0.1) is 12.7 Å². The minimum absolute atomic E-state index is 0.154. The largest absolute Gasteiger partial charge is 0.497 e. The van der Waals surface area contributed by atoms with Crippen LogP contribution in [0.4, 0.5) is 0 Å². The summed E-state index contributed by atoms with van der Waals surface area (Å²) in [5, 5.41) is 0. The number of methoxy groups -OCH3 is 1. The first-order chi connectivity index (χ1) is 7.61. The highest BCUT2D eigenvalue weighted by atomic mass is 28.4. The molecule has 1 atom stereocenters. The van der Waals surface area contributed by atoms with Gasteiger partial charge in [-0.05, 0) is 12.8 Å². The first-order valence-corrected chi connectivity index (χ1v) is 7.52. The smallest absolute Gasteiger partial charge is 0.390 e. The molecular formula is C10H24O5Si. The number of hydrogen-bond acceptors (Lipinski definition) is 5. The molecule has 0 rings (SSSR count). The molecular weight excluding hydrogens is 228 g/mol. The molecule has 0 spiro atoms. The molecule has 0 saturated carbocycles. The molecule has 0 fully saturated rings. The zero-order valence-electron chi connectivity index (χ0n) is 10.7. The Morgan fingerprint density at radius 3 is 2.25 bits per heavy atom. The lowest BCUT2D eigenvalue weighted by atomic mass is 10.3. The average Bonchev–Trinajstić information content (AvgIpc) is 2.33. The summed E-state index contributed by atoms with van der Waals surface area (Å²) < 4.78 is 20.5. The highest BCUT2D eigenvalue weighted by Crippen LogP contribution is 2.10. The van der Waals surface area contributed by atoms with Crippen LogP contribution >= 0.6 is 0 Å². The molecule has 0 amide bonds. The van der Waals surface area contributed by atoms with Crippen molar-refractivity contribution in [2.24, 2.45) is 0 Å². The summed E-state index contributed by atoms with van der Waals surface area (Å²) in [6, 6.07) is 0.518. The molecule has 0 aromatic rings. The molecule has 0 aromatic carbocycles.